The molecule has 6 nitrogen and oxygen atoms in total. The zero-order valence-corrected chi connectivity index (χ0v) is 39.5. The summed E-state index contributed by atoms with van der Waals surface area (Å²) in [6.07, 6.45) is 54.4. The van der Waals surface area contributed by atoms with Crippen molar-refractivity contribution in [3.05, 3.63) is 24.3 Å². The maximum Gasteiger partial charge on any atom is 0.306 e. The fourth-order valence-corrected chi connectivity index (χ4v) is 7.53. The molecule has 0 radical (unpaired) electrons. The van der Waals surface area contributed by atoms with Gasteiger partial charge in [0, 0.05) is 19.3 Å². The minimum atomic E-state index is -0.770. The summed E-state index contributed by atoms with van der Waals surface area (Å²) in [6.45, 7) is 6.62. The Morgan fingerprint density at radius 1 is 0.339 bits per heavy atom. The van der Waals surface area contributed by atoms with Gasteiger partial charge >= 0.3 is 17.9 Å². The van der Waals surface area contributed by atoms with Crippen LogP contribution in [0, 0.1) is 0 Å². The molecule has 6 heteroatoms. The Hall–Kier alpha value is -2.11. The molecule has 0 aliphatic carbocycles. The van der Waals surface area contributed by atoms with E-state index in [1.165, 1.54) is 161 Å². The molecule has 0 saturated carbocycles. The summed E-state index contributed by atoms with van der Waals surface area (Å²) >= 11 is 0. The van der Waals surface area contributed by atoms with Gasteiger partial charge in [0.25, 0.3) is 0 Å². The van der Waals surface area contributed by atoms with Gasteiger partial charge in [0.15, 0.2) is 6.10 Å². The van der Waals surface area contributed by atoms with E-state index in [0.717, 1.165) is 77.0 Å². The third kappa shape index (κ3) is 46.8. The molecule has 0 aromatic rings. The summed E-state index contributed by atoms with van der Waals surface area (Å²) in [5, 5.41) is 0. The summed E-state index contributed by atoms with van der Waals surface area (Å²) in [4.78, 5) is 37.9. The van der Waals surface area contributed by atoms with E-state index >= 15 is 0 Å². The summed E-state index contributed by atoms with van der Waals surface area (Å²) in [7, 11) is 0. The first-order valence-corrected chi connectivity index (χ1v) is 25.8. The number of carbonyl (C=O) groups excluding carboxylic acids is 3. The van der Waals surface area contributed by atoms with Crippen LogP contribution in [0.3, 0.4) is 0 Å². The van der Waals surface area contributed by atoms with Crippen LogP contribution in [0.4, 0.5) is 0 Å². The number of esters is 3. The Kier molecular flexibility index (Phi) is 46.8. The van der Waals surface area contributed by atoms with Crippen LogP contribution in [0.2, 0.25) is 0 Å². The van der Waals surface area contributed by atoms with Crippen LogP contribution in [-0.2, 0) is 28.6 Å². The minimum absolute atomic E-state index is 0.0708. The van der Waals surface area contributed by atoms with E-state index in [-0.39, 0.29) is 31.1 Å². The van der Waals surface area contributed by atoms with Crippen LogP contribution in [0.25, 0.3) is 0 Å². The highest BCUT2D eigenvalue weighted by atomic mass is 16.6. The van der Waals surface area contributed by atoms with E-state index in [9.17, 15) is 14.4 Å². The van der Waals surface area contributed by atoms with Gasteiger partial charge in [-0.05, 0) is 51.4 Å². The molecule has 0 saturated heterocycles. The topological polar surface area (TPSA) is 78.9 Å². The van der Waals surface area contributed by atoms with Crippen molar-refractivity contribution in [2.75, 3.05) is 13.2 Å². The maximum atomic E-state index is 12.8. The molecule has 1 unspecified atom stereocenters. The lowest BCUT2D eigenvalue weighted by Crippen LogP contribution is -2.30. The van der Waals surface area contributed by atoms with Crippen molar-refractivity contribution in [3.8, 4) is 0 Å². The van der Waals surface area contributed by atoms with Crippen LogP contribution in [-0.4, -0.2) is 37.2 Å². The Bertz CT molecular complexity index is 958. The Morgan fingerprint density at radius 2 is 0.610 bits per heavy atom. The van der Waals surface area contributed by atoms with E-state index in [1.54, 1.807) is 0 Å². The maximum absolute atomic E-state index is 12.8. The second-order valence-electron chi connectivity index (χ2n) is 17.4. The van der Waals surface area contributed by atoms with Crippen molar-refractivity contribution in [1.29, 1.82) is 0 Å². The van der Waals surface area contributed by atoms with Crippen molar-refractivity contribution >= 4 is 17.9 Å². The molecule has 0 aliphatic heterocycles. The van der Waals surface area contributed by atoms with Gasteiger partial charge in [-0.1, -0.05) is 231 Å². The number of allylic oxidation sites excluding steroid dienone is 4. The van der Waals surface area contributed by atoms with E-state index in [0.29, 0.717) is 19.3 Å². The first-order valence-electron chi connectivity index (χ1n) is 25.8. The average molecular weight is 831 g/mol. The molecule has 0 heterocycles. The van der Waals surface area contributed by atoms with Crippen LogP contribution in [0.1, 0.15) is 278 Å². The fourth-order valence-electron chi connectivity index (χ4n) is 7.53. The molecule has 0 bridgehead atoms. The molecule has 0 N–H and O–H groups in total. The molecule has 0 amide bonds. The number of rotatable bonds is 47. The normalized spacial score (nSPS) is 12.1. The van der Waals surface area contributed by atoms with Gasteiger partial charge in [0.1, 0.15) is 13.2 Å². The summed E-state index contributed by atoms with van der Waals surface area (Å²) in [5.74, 6) is -0.871. The van der Waals surface area contributed by atoms with Crippen LogP contribution in [0.5, 0.6) is 0 Å². The monoisotopic (exact) mass is 831 g/mol. The van der Waals surface area contributed by atoms with Crippen molar-refractivity contribution in [2.45, 2.75) is 284 Å². The first kappa shape index (κ1) is 56.9. The quantitative estimate of drug-likeness (QED) is 0.0263. The average Bonchev–Trinajstić information content (AvgIpc) is 3.23. The lowest BCUT2D eigenvalue weighted by atomic mass is 10.0. The Balaban J connectivity index is 4.36. The van der Waals surface area contributed by atoms with Gasteiger partial charge in [-0.25, -0.2) is 0 Å². The second kappa shape index (κ2) is 48.6. The molecule has 0 aliphatic rings. The molecule has 0 spiro atoms. The highest BCUT2D eigenvalue weighted by Gasteiger charge is 2.19. The first-order chi connectivity index (χ1) is 29.0. The molecule has 0 rings (SSSR count). The van der Waals surface area contributed by atoms with E-state index in [4.69, 9.17) is 14.2 Å². The number of unbranched alkanes of at least 4 members (excludes halogenated alkanes) is 32. The molecule has 0 aromatic carbocycles. The van der Waals surface area contributed by atoms with E-state index < -0.39 is 6.10 Å². The number of carbonyl (C=O) groups is 3. The predicted octanol–water partition coefficient (Wildman–Crippen LogP) is 16.8. The lowest BCUT2D eigenvalue weighted by Gasteiger charge is -2.18. The zero-order chi connectivity index (χ0) is 43.0. The van der Waals surface area contributed by atoms with Gasteiger partial charge in [-0.15, -0.1) is 0 Å². The van der Waals surface area contributed by atoms with Crippen molar-refractivity contribution < 1.29 is 28.6 Å². The Morgan fingerprint density at radius 3 is 0.966 bits per heavy atom. The summed E-state index contributed by atoms with van der Waals surface area (Å²) in [5.41, 5.74) is 0. The van der Waals surface area contributed by atoms with Gasteiger partial charge in [-0.3, -0.25) is 14.4 Å². The van der Waals surface area contributed by atoms with Crippen LogP contribution >= 0.6 is 0 Å². The third-order valence-electron chi connectivity index (χ3n) is 11.5. The smallest absolute Gasteiger partial charge is 0.306 e. The fraction of sp³-hybridized carbons (Fsp3) is 0.868. The lowest BCUT2D eigenvalue weighted by molar-refractivity contribution is -0.167. The van der Waals surface area contributed by atoms with E-state index in [1.807, 2.05) is 0 Å². The van der Waals surface area contributed by atoms with Gasteiger partial charge < -0.3 is 14.2 Å². The largest absolute Gasteiger partial charge is 0.462 e. The van der Waals surface area contributed by atoms with Crippen LogP contribution < -0.4 is 0 Å². The van der Waals surface area contributed by atoms with Gasteiger partial charge in [0.05, 0.1) is 0 Å². The van der Waals surface area contributed by atoms with Crippen LogP contribution in [0.15, 0.2) is 24.3 Å². The molecule has 346 valence electrons. The molecule has 1 atom stereocenters. The summed E-state index contributed by atoms with van der Waals surface area (Å²) in [6, 6.07) is 0. The predicted molar refractivity (Wildman–Crippen MR) is 252 cm³/mol. The molecular formula is C53H98O6. The van der Waals surface area contributed by atoms with Gasteiger partial charge in [-0.2, -0.15) is 0 Å². The van der Waals surface area contributed by atoms with Crippen molar-refractivity contribution in [2.24, 2.45) is 0 Å². The number of hydrogen-bond acceptors (Lipinski definition) is 6. The minimum Gasteiger partial charge on any atom is -0.462 e. The zero-order valence-electron chi connectivity index (χ0n) is 39.5. The van der Waals surface area contributed by atoms with E-state index in [2.05, 4.69) is 45.1 Å². The van der Waals surface area contributed by atoms with Crippen molar-refractivity contribution in [3.63, 3.8) is 0 Å². The van der Waals surface area contributed by atoms with Crippen molar-refractivity contribution in [1.82, 2.24) is 0 Å². The Labute approximate surface area is 366 Å². The number of ether oxygens (including phenoxy) is 3. The molecule has 0 aromatic heterocycles. The molecule has 59 heavy (non-hydrogen) atoms. The number of hydrogen-bond donors (Lipinski definition) is 0. The van der Waals surface area contributed by atoms with Gasteiger partial charge in [0.2, 0.25) is 0 Å². The molecular weight excluding hydrogens is 733 g/mol. The second-order valence-corrected chi connectivity index (χ2v) is 17.4. The SMILES string of the molecule is CCCCCC=CCC=CCCCCCCCC(=O)OCC(COC(=O)CCCCCCCCCCCCCCC)OC(=O)CCCCCCCCCCCCCCC. The highest BCUT2D eigenvalue weighted by Crippen LogP contribution is 2.16. The summed E-state index contributed by atoms with van der Waals surface area (Å²) < 4.78 is 16.8. The molecule has 0 fully saturated rings. The standard InChI is InChI=1S/C53H98O6/c1-4-7-10-13-16-19-22-25-26-29-31-34-37-40-43-46-52(55)58-49-50(59-53(56)47-44-41-38-35-32-28-24-21-18-15-12-9-6-3)48-57-51(54)45-42-39-36-33-30-27-23-20-17-14-11-8-5-2/h16,19,25-26,50H,4-15,17-18,20-24,27-49H2,1-3H3. The highest BCUT2D eigenvalue weighted by molar-refractivity contribution is 5.71. The third-order valence-corrected chi connectivity index (χ3v) is 11.5.